The smallest absolute Gasteiger partial charge is 0.290 e. The van der Waals surface area contributed by atoms with Crippen molar-refractivity contribution in [1.29, 1.82) is 0 Å². The molecule has 5 heteroatoms. The quantitative estimate of drug-likeness (QED) is 0.644. The van der Waals surface area contributed by atoms with Crippen molar-refractivity contribution in [3.8, 4) is 5.75 Å². The van der Waals surface area contributed by atoms with Crippen molar-refractivity contribution in [2.75, 3.05) is 19.5 Å². The number of hydrogen-bond donors (Lipinski definition) is 1. The van der Waals surface area contributed by atoms with Gasteiger partial charge in [0.05, 0.1) is 14.2 Å². The molecule has 0 spiro atoms. The van der Waals surface area contributed by atoms with E-state index in [0.29, 0.717) is 5.69 Å². The Hall–Kier alpha value is -2.27. The monoisotopic (exact) mass is 361 g/mol. The number of carbonyl (C=O) groups excluding carboxylic acids is 1. The lowest BCUT2D eigenvalue weighted by Crippen LogP contribution is -2.15. The van der Waals surface area contributed by atoms with Crippen LogP contribution in [0.25, 0.3) is 6.08 Å². The predicted octanol–water partition coefficient (Wildman–Crippen LogP) is 4.08. The number of hydrogen-bond acceptors (Lipinski definition) is 3. The average Bonchev–Trinajstić information content (AvgIpc) is 2.55. The maximum atomic E-state index is 12.2. The van der Waals surface area contributed by atoms with Gasteiger partial charge in [-0.3, -0.25) is 4.79 Å². The van der Waals surface area contributed by atoms with Crippen molar-refractivity contribution in [3.63, 3.8) is 0 Å². The standard InChI is InChI=1S/C17H16BrNO3/c1-21-15-9-3-12(4-10-15)11-16(22-2)17(20)19-14-7-5-13(18)6-8-14/h3-11H,1-2H3,(H,19,20)/b16-11-. The summed E-state index contributed by atoms with van der Waals surface area (Å²) >= 11 is 3.35. The van der Waals surface area contributed by atoms with Gasteiger partial charge < -0.3 is 14.8 Å². The second-order valence-corrected chi connectivity index (χ2v) is 5.36. The third kappa shape index (κ3) is 4.36. The first-order valence-corrected chi connectivity index (χ1v) is 7.38. The van der Waals surface area contributed by atoms with Gasteiger partial charge in [0.2, 0.25) is 0 Å². The normalized spacial score (nSPS) is 11.0. The number of halogens is 1. The Kier molecular flexibility index (Phi) is 5.61. The Morgan fingerprint density at radius 3 is 2.23 bits per heavy atom. The molecular weight excluding hydrogens is 346 g/mol. The summed E-state index contributed by atoms with van der Waals surface area (Å²) in [6.45, 7) is 0. The van der Waals surface area contributed by atoms with E-state index in [9.17, 15) is 4.79 Å². The van der Waals surface area contributed by atoms with Crippen molar-refractivity contribution in [1.82, 2.24) is 0 Å². The SMILES string of the molecule is CO/C(=C\c1ccc(OC)cc1)C(=O)Nc1ccc(Br)cc1. The van der Waals surface area contributed by atoms with E-state index in [0.717, 1.165) is 15.8 Å². The Labute approximate surface area is 137 Å². The summed E-state index contributed by atoms with van der Waals surface area (Å²) in [5, 5.41) is 2.79. The van der Waals surface area contributed by atoms with Crippen molar-refractivity contribution in [2.45, 2.75) is 0 Å². The first kappa shape index (κ1) is 16.1. The van der Waals surface area contributed by atoms with Crippen LogP contribution in [0.3, 0.4) is 0 Å². The molecule has 2 rings (SSSR count). The number of carbonyl (C=O) groups is 1. The molecule has 4 nitrogen and oxygen atoms in total. The highest BCUT2D eigenvalue weighted by Crippen LogP contribution is 2.17. The number of benzene rings is 2. The molecule has 22 heavy (non-hydrogen) atoms. The molecule has 114 valence electrons. The van der Waals surface area contributed by atoms with Crippen LogP contribution in [-0.4, -0.2) is 20.1 Å². The molecule has 1 N–H and O–H groups in total. The van der Waals surface area contributed by atoms with Gasteiger partial charge in [-0.2, -0.15) is 0 Å². The van der Waals surface area contributed by atoms with Gasteiger partial charge >= 0.3 is 0 Å². The van der Waals surface area contributed by atoms with Crippen molar-refractivity contribution < 1.29 is 14.3 Å². The lowest BCUT2D eigenvalue weighted by molar-refractivity contribution is -0.115. The van der Waals surface area contributed by atoms with Gasteiger partial charge in [0.25, 0.3) is 5.91 Å². The molecule has 2 aromatic rings. The molecule has 0 aromatic heterocycles. The molecular formula is C17H16BrNO3. The maximum absolute atomic E-state index is 12.2. The molecule has 1 amide bonds. The number of amides is 1. The van der Waals surface area contributed by atoms with Crippen LogP contribution in [0, 0.1) is 0 Å². The van der Waals surface area contributed by atoms with Crippen LogP contribution in [0.5, 0.6) is 5.75 Å². The maximum Gasteiger partial charge on any atom is 0.290 e. The largest absolute Gasteiger partial charge is 0.497 e. The predicted molar refractivity (Wildman–Crippen MR) is 90.8 cm³/mol. The van der Waals surface area contributed by atoms with Crippen LogP contribution in [0.4, 0.5) is 5.69 Å². The lowest BCUT2D eigenvalue weighted by Gasteiger charge is -2.08. The number of rotatable bonds is 5. The summed E-state index contributed by atoms with van der Waals surface area (Å²) in [6.07, 6.45) is 1.67. The van der Waals surface area contributed by atoms with E-state index in [-0.39, 0.29) is 11.7 Å². The van der Waals surface area contributed by atoms with Crippen molar-refractivity contribution in [3.05, 3.63) is 64.3 Å². The third-order valence-electron chi connectivity index (χ3n) is 2.96. The first-order valence-electron chi connectivity index (χ1n) is 6.59. The fourth-order valence-electron chi connectivity index (χ4n) is 1.79. The van der Waals surface area contributed by atoms with Gasteiger partial charge in [-0.15, -0.1) is 0 Å². The van der Waals surface area contributed by atoms with E-state index in [2.05, 4.69) is 21.2 Å². The number of anilines is 1. The minimum absolute atomic E-state index is 0.230. The van der Waals surface area contributed by atoms with Crippen LogP contribution in [0.2, 0.25) is 0 Å². The summed E-state index contributed by atoms with van der Waals surface area (Å²) in [5.74, 6) is 0.684. The van der Waals surface area contributed by atoms with E-state index in [1.807, 2.05) is 48.5 Å². The first-order chi connectivity index (χ1) is 10.6. The molecule has 0 atom stereocenters. The van der Waals surface area contributed by atoms with Gasteiger partial charge in [0.1, 0.15) is 5.75 Å². The van der Waals surface area contributed by atoms with Crippen LogP contribution in [0.1, 0.15) is 5.56 Å². The molecule has 0 saturated carbocycles. The van der Waals surface area contributed by atoms with Crippen molar-refractivity contribution in [2.24, 2.45) is 0 Å². The van der Waals surface area contributed by atoms with E-state index >= 15 is 0 Å². The van der Waals surface area contributed by atoms with E-state index in [1.54, 1.807) is 13.2 Å². The van der Waals surface area contributed by atoms with E-state index in [1.165, 1.54) is 7.11 Å². The molecule has 0 aliphatic heterocycles. The summed E-state index contributed by atoms with van der Waals surface area (Å²) in [4.78, 5) is 12.2. The van der Waals surface area contributed by atoms with Crippen LogP contribution in [-0.2, 0) is 9.53 Å². The molecule has 0 aliphatic carbocycles. The summed E-state index contributed by atoms with van der Waals surface area (Å²) < 4.78 is 11.2. The zero-order chi connectivity index (χ0) is 15.9. The Balaban J connectivity index is 2.13. The number of methoxy groups -OCH3 is 2. The molecule has 0 heterocycles. The topological polar surface area (TPSA) is 47.6 Å². The fraction of sp³-hybridized carbons (Fsp3) is 0.118. The second kappa shape index (κ2) is 7.66. The molecule has 0 bridgehead atoms. The van der Waals surface area contributed by atoms with E-state index in [4.69, 9.17) is 9.47 Å². The molecule has 0 radical (unpaired) electrons. The Morgan fingerprint density at radius 1 is 1.05 bits per heavy atom. The molecule has 0 unspecified atom stereocenters. The highest BCUT2D eigenvalue weighted by molar-refractivity contribution is 9.10. The highest BCUT2D eigenvalue weighted by atomic mass is 79.9. The minimum Gasteiger partial charge on any atom is -0.497 e. The Morgan fingerprint density at radius 2 is 1.68 bits per heavy atom. The van der Waals surface area contributed by atoms with Gasteiger partial charge in [0, 0.05) is 10.2 Å². The lowest BCUT2D eigenvalue weighted by atomic mass is 10.2. The molecule has 0 saturated heterocycles. The highest BCUT2D eigenvalue weighted by Gasteiger charge is 2.10. The van der Waals surface area contributed by atoms with Gasteiger partial charge in [0.15, 0.2) is 5.76 Å². The zero-order valence-electron chi connectivity index (χ0n) is 12.3. The van der Waals surface area contributed by atoms with Gasteiger partial charge in [-0.1, -0.05) is 28.1 Å². The Bertz CT molecular complexity index is 663. The summed E-state index contributed by atoms with van der Waals surface area (Å²) in [6, 6.07) is 14.7. The zero-order valence-corrected chi connectivity index (χ0v) is 13.9. The number of nitrogens with one attached hydrogen (secondary N) is 1. The van der Waals surface area contributed by atoms with Crippen LogP contribution < -0.4 is 10.1 Å². The fourth-order valence-corrected chi connectivity index (χ4v) is 2.06. The van der Waals surface area contributed by atoms with Gasteiger partial charge in [-0.25, -0.2) is 0 Å². The summed E-state index contributed by atoms with van der Waals surface area (Å²) in [7, 11) is 3.08. The van der Waals surface area contributed by atoms with E-state index < -0.39 is 0 Å². The number of ether oxygens (including phenoxy) is 2. The molecule has 0 fully saturated rings. The van der Waals surface area contributed by atoms with Crippen LogP contribution in [0.15, 0.2) is 58.8 Å². The minimum atomic E-state index is -0.305. The average molecular weight is 362 g/mol. The molecule has 2 aromatic carbocycles. The summed E-state index contributed by atoms with van der Waals surface area (Å²) in [5.41, 5.74) is 1.55. The third-order valence-corrected chi connectivity index (χ3v) is 3.49. The van der Waals surface area contributed by atoms with Crippen molar-refractivity contribution >= 4 is 33.6 Å². The van der Waals surface area contributed by atoms with Crippen LogP contribution >= 0.6 is 15.9 Å². The molecule has 0 aliphatic rings. The second-order valence-electron chi connectivity index (χ2n) is 4.45. The van der Waals surface area contributed by atoms with Gasteiger partial charge in [-0.05, 0) is 48.0 Å².